The number of nitrogens with two attached hydrogens (primary N) is 1. The molecule has 1 atom stereocenters. The van der Waals surface area contributed by atoms with Crippen LogP contribution in [0.3, 0.4) is 0 Å². The molecule has 0 bridgehead atoms. The molecule has 0 saturated carbocycles. The van der Waals surface area contributed by atoms with Crippen molar-refractivity contribution in [2.75, 3.05) is 0 Å². The van der Waals surface area contributed by atoms with Crippen LogP contribution in [0.4, 0.5) is 13.2 Å². The smallest absolute Gasteiger partial charge is 0.271 e. The van der Waals surface area contributed by atoms with Crippen LogP contribution in [0.15, 0.2) is 35.3 Å². The molecule has 0 radical (unpaired) electrons. The number of nitrogens with one attached hydrogen (secondary N) is 1. The van der Waals surface area contributed by atoms with Crippen LogP contribution >= 0.6 is 15.9 Å². The van der Waals surface area contributed by atoms with Crippen molar-refractivity contribution < 1.29 is 13.2 Å². The standard InChI is InChI=1S/C11H12BrF3N2/c1-2-3-10(17-16)8-5-4-7(12)6-9(8)11(13,14)15/h2,4-6,10,17H,1,3,16H2. The fraction of sp³-hybridized carbons (Fsp3) is 0.273. The molecule has 0 fully saturated rings. The highest BCUT2D eigenvalue weighted by Crippen LogP contribution is 2.36. The average Bonchev–Trinajstić information content (AvgIpc) is 2.25. The molecule has 0 saturated heterocycles. The molecule has 0 amide bonds. The van der Waals surface area contributed by atoms with Crippen LogP contribution in [0.5, 0.6) is 0 Å². The van der Waals surface area contributed by atoms with E-state index in [9.17, 15) is 13.2 Å². The summed E-state index contributed by atoms with van der Waals surface area (Å²) in [7, 11) is 0. The Labute approximate surface area is 106 Å². The zero-order chi connectivity index (χ0) is 13.1. The highest BCUT2D eigenvalue weighted by atomic mass is 79.9. The molecule has 1 unspecified atom stereocenters. The summed E-state index contributed by atoms with van der Waals surface area (Å²) < 4.78 is 38.9. The Hall–Kier alpha value is -0.850. The van der Waals surface area contributed by atoms with Crippen molar-refractivity contribution in [2.45, 2.75) is 18.6 Å². The van der Waals surface area contributed by atoms with Crippen LogP contribution in [-0.2, 0) is 6.18 Å². The van der Waals surface area contributed by atoms with Crippen molar-refractivity contribution in [1.29, 1.82) is 0 Å². The molecular formula is C11H12BrF3N2. The minimum absolute atomic E-state index is 0.114. The number of alkyl halides is 3. The SMILES string of the molecule is C=CCC(NN)c1ccc(Br)cc1C(F)(F)F. The summed E-state index contributed by atoms with van der Waals surface area (Å²) in [5.41, 5.74) is 1.78. The zero-order valence-electron chi connectivity index (χ0n) is 8.89. The number of hydrogen-bond acceptors (Lipinski definition) is 2. The minimum atomic E-state index is -4.41. The molecule has 0 heterocycles. The van der Waals surface area contributed by atoms with E-state index in [2.05, 4.69) is 27.9 Å². The van der Waals surface area contributed by atoms with Crippen LogP contribution in [-0.4, -0.2) is 0 Å². The van der Waals surface area contributed by atoms with E-state index in [-0.39, 0.29) is 5.56 Å². The molecule has 0 aliphatic rings. The first-order valence-corrected chi connectivity index (χ1v) is 5.63. The second kappa shape index (κ2) is 5.66. The quantitative estimate of drug-likeness (QED) is 0.507. The van der Waals surface area contributed by atoms with E-state index in [1.54, 1.807) is 6.07 Å². The number of hydrazine groups is 1. The van der Waals surface area contributed by atoms with Gasteiger partial charge in [-0.1, -0.05) is 28.1 Å². The average molecular weight is 309 g/mol. The Morgan fingerprint density at radius 3 is 2.59 bits per heavy atom. The van der Waals surface area contributed by atoms with Crippen LogP contribution in [0.1, 0.15) is 23.6 Å². The second-order valence-electron chi connectivity index (χ2n) is 3.47. The number of halogens is 4. The lowest BCUT2D eigenvalue weighted by molar-refractivity contribution is -0.138. The van der Waals surface area contributed by atoms with Gasteiger partial charge in [-0.3, -0.25) is 11.3 Å². The van der Waals surface area contributed by atoms with E-state index in [0.717, 1.165) is 6.07 Å². The normalized spacial score (nSPS) is 13.5. The summed E-state index contributed by atoms with van der Waals surface area (Å²) in [6.07, 6.45) is -2.57. The van der Waals surface area contributed by atoms with Crippen LogP contribution in [0.25, 0.3) is 0 Å². The van der Waals surface area contributed by atoms with Gasteiger partial charge in [0, 0.05) is 10.5 Å². The Morgan fingerprint density at radius 2 is 2.12 bits per heavy atom. The maximum atomic E-state index is 12.9. The van der Waals surface area contributed by atoms with Gasteiger partial charge >= 0.3 is 6.18 Å². The van der Waals surface area contributed by atoms with Gasteiger partial charge in [-0.05, 0) is 24.1 Å². The predicted molar refractivity (Wildman–Crippen MR) is 64.0 cm³/mol. The lowest BCUT2D eigenvalue weighted by Crippen LogP contribution is -2.29. The number of hydrogen-bond donors (Lipinski definition) is 2. The molecular weight excluding hydrogens is 297 g/mol. The fourth-order valence-electron chi connectivity index (χ4n) is 1.53. The van der Waals surface area contributed by atoms with E-state index in [4.69, 9.17) is 5.84 Å². The molecule has 0 spiro atoms. The van der Waals surface area contributed by atoms with Gasteiger partial charge in [0.15, 0.2) is 0 Å². The first-order valence-electron chi connectivity index (χ1n) is 4.83. The summed E-state index contributed by atoms with van der Waals surface area (Å²) in [6, 6.07) is 3.40. The lowest BCUT2D eigenvalue weighted by Gasteiger charge is -2.20. The summed E-state index contributed by atoms with van der Waals surface area (Å²) in [6.45, 7) is 3.50. The van der Waals surface area contributed by atoms with Gasteiger partial charge in [0.05, 0.1) is 5.56 Å². The fourth-order valence-corrected chi connectivity index (χ4v) is 1.89. The van der Waals surface area contributed by atoms with Crippen molar-refractivity contribution in [2.24, 2.45) is 5.84 Å². The molecule has 6 heteroatoms. The van der Waals surface area contributed by atoms with E-state index in [1.165, 1.54) is 12.1 Å². The first kappa shape index (κ1) is 14.2. The van der Waals surface area contributed by atoms with Crippen LogP contribution < -0.4 is 11.3 Å². The van der Waals surface area contributed by atoms with Gasteiger partial charge in [0.1, 0.15) is 0 Å². The topological polar surface area (TPSA) is 38.0 Å². The monoisotopic (exact) mass is 308 g/mol. The Morgan fingerprint density at radius 1 is 1.47 bits per heavy atom. The van der Waals surface area contributed by atoms with Gasteiger partial charge in [-0.25, -0.2) is 0 Å². The van der Waals surface area contributed by atoms with E-state index in [1.807, 2.05) is 0 Å². The number of benzene rings is 1. The summed E-state index contributed by atoms with van der Waals surface area (Å²) in [4.78, 5) is 0. The molecule has 1 aromatic carbocycles. The van der Waals surface area contributed by atoms with Crippen LogP contribution in [0, 0.1) is 0 Å². The summed E-state index contributed by atoms with van der Waals surface area (Å²) in [5.74, 6) is 5.26. The molecule has 94 valence electrons. The molecule has 0 aromatic heterocycles. The highest BCUT2D eigenvalue weighted by Gasteiger charge is 2.35. The van der Waals surface area contributed by atoms with Gasteiger partial charge in [-0.2, -0.15) is 13.2 Å². The van der Waals surface area contributed by atoms with E-state index in [0.29, 0.717) is 10.9 Å². The van der Waals surface area contributed by atoms with Crippen LogP contribution in [0.2, 0.25) is 0 Å². The molecule has 1 aromatic rings. The lowest BCUT2D eigenvalue weighted by atomic mass is 9.98. The maximum Gasteiger partial charge on any atom is 0.416 e. The van der Waals surface area contributed by atoms with E-state index < -0.39 is 17.8 Å². The van der Waals surface area contributed by atoms with Gasteiger partial charge in [-0.15, -0.1) is 6.58 Å². The minimum Gasteiger partial charge on any atom is -0.271 e. The van der Waals surface area contributed by atoms with Gasteiger partial charge < -0.3 is 0 Å². The van der Waals surface area contributed by atoms with Crippen molar-refractivity contribution in [3.8, 4) is 0 Å². The molecule has 1 rings (SSSR count). The molecule has 2 nitrogen and oxygen atoms in total. The third-order valence-electron chi connectivity index (χ3n) is 2.30. The summed E-state index contributed by atoms with van der Waals surface area (Å²) in [5, 5.41) is 0. The number of rotatable bonds is 4. The van der Waals surface area contributed by atoms with Crippen molar-refractivity contribution in [3.05, 3.63) is 46.5 Å². The third-order valence-corrected chi connectivity index (χ3v) is 2.79. The maximum absolute atomic E-state index is 12.9. The van der Waals surface area contributed by atoms with Crippen molar-refractivity contribution in [1.82, 2.24) is 5.43 Å². The second-order valence-corrected chi connectivity index (χ2v) is 4.39. The predicted octanol–water partition coefficient (Wildman–Crippen LogP) is 3.55. The molecule has 17 heavy (non-hydrogen) atoms. The first-order chi connectivity index (χ1) is 7.90. The summed E-state index contributed by atoms with van der Waals surface area (Å²) >= 11 is 3.03. The van der Waals surface area contributed by atoms with Gasteiger partial charge in [0.25, 0.3) is 0 Å². The zero-order valence-corrected chi connectivity index (χ0v) is 10.5. The molecule has 0 aliphatic carbocycles. The Bertz CT molecular complexity index is 404. The molecule has 3 N–H and O–H groups in total. The highest BCUT2D eigenvalue weighted by molar-refractivity contribution is 9.10. The van der Waals surface area contributed by atoms with Crippen molar-refractivity contribution in [3.63, 3.8) is 0 Å². The Kier molecular flexibility index (Phi) is 4.73. The largest absolute Gasteiger partial charge is 0.416 e. The third kappa shape index (κ3) is 3.55. The van der Waals surface area contributed by atoms with Crippen molar-refractivity contribution >= 4 is 15.9 Å². The Balaban J connectivity index is 3.26. The van der Waals surface area contributed by atoms with E-state index >= 15 is 0 Å². The van der Waals surface area contributed by atoms with Gasteiger partial charge in [0.2, 0.25) is 0 Å². The molecule has 0 aliphatic heterocycles.